The van der Waals surface area contributed by atoms with Crippen molar-refractivity contribution in [3.8, 4) is 0 Å². The summed E-state index contributed by atoms with van der Waals surface area (Å²) < 4.78 is 0. The van der Waals surface area contributed by atoms with Crippen molar-refractivity contribution in [3.63, 3.8) is 0 Å². The molecule has 1 N–H and O–H groups in total. The van der Waals surface area contributed by atoms with E-state index in [1.807, 2.05) is 19.9 Å². The van der Waals surface area contributed by atoms with Gasteiger partial charge in [-0.15, -0.1) is 0 Å². The van der Waals surface area contributed by atoms with E-state index in [4.69, 9.17) is 11.6 Å². The number of nitrogens with zero attached hydrogens (tertiary/aromatic N) is 2. The number of halogens is 1. The number of aryl methyl sites for hydroxylation is 1. The molecule has 0 aliphatic rings. The van der Waals surface area contributed by atoms with E-state index in [9.17, 15) is 4.79 Å². The molecule has 1 heterocycles. The first-order valence-electron chi connectivity index (χ1n) is 6.60. The lowest BCUT2D eigenvalue weighted by molar-refractivity contribution is -0.115. The molecule has 0 unspecified atom stereocenters. The van der Waals surface area contributed by atoms with Gasteiger partial charge in [0.05, 0.1) is 5.25 Å². The Morgan fingerprint density at radius 2 is 2.05 bits per heavy atom. The smallest absolute Gasteiger partial charge is 0.237 e. The number of carbonyl (C=O) groups is 1. The molecule has 4 nitrogen and oxygen atoms in total. The predicted octanol–water partition coefficient (Wildman–Crippen LogP) is 3.95. The topological polar surface area (TPSA) is 54.9 Å². The average Bonchev–Trinajstić information content (AvgIpc) is 2.47. The second-order valence-corrected chi connectivity index (χ2v) is 6.17. The monoisotopic (exact) mass is 321 g/mol. The van der Waals surface area contributed by atoms with Crippen LogP contribution in [-0.4, -0.2) is 21.1 Å². The average molecular weight is 322 g/mol. The largest absolute Gasteiger partial charge is 0.325 e. The number of hydrogen-bond donors (Lipinski definition) is 1. The molecule has 1 aromatic carbocycles. The molecule has 6 heteroatoms. The summed E-state index contributed by atoms with van der Waals surface area (Å²) in [6.45, 7) is 3.88. The maximum Gasteiger partial charge on any atom is 0.237 e. The second kappa shape index (κ2) is 7.43. The summed E-state index contributed by atoms with van der Waals surface area (Å²) >= 11 is 7.27. The Balaban J connectivity index is 2.03. The Hall–Kier alpha value is -1.59. The molecule has 1 aromatic heterocycles. The van der Waals surface area contributed by atoms with E-state index >= 15 is 0 Å². The number of thioether (sulfide) groups is 1. The number of carbonyl (C=O) groups excluding carboxylic acids is 1. The Bertz CT molecular complexity index is 619. The molecule has 0 radical (unpaired) electrons. The Morgan fingerprint density at radius 1 is 1.33 bits per heavy atom. The summed E-state index contributed by atoms with van der Waals surface area (Å²) in [5, 5.41) is 4.14. The molecular weight excluding hydrogens is 306 g/mol. The molecule has 0 aliphatic carbocycles. The van der Waals surface area contributed by atoms with Crippen LogP contribution in [0.25, 0.3) is 0 Å². The van der Waals surface area contributed by atoms with E-state index in [2.05, 4.69) is 15.3 Å². The molecular formula is C15H16ClN3OS. The Morgan fingerprint density at radius 3 is 2.67 bits per heavy atom. The first-order valence-corrected chi connectivity index (χ1v) is 7.86. The fourth-order valence-electron chi connectivity index (χ4n) is 1.72. The van der Waals surface area contributed by atoms with Gasteiger partial charge in [-0.25, -0.2) is 9.97 Å². The van der Waals surface area contributed by atoms with Crippen molar-refractivity contribution in [2.45, 2.75) is 30.5 Å². The zero-order chi connectivity index (χ0) is 15.2. The zero-order valence-electron chi connectivity index (χ0n) is 11.8. The quantitative estimate of drug-likeness (QED) is 0.669. The molecule has 0 spiro atoms. The van der Waals surface area contributed by atoms with Crippen LogP contribution in [0.4, 0.5) is 5.69 Å². The van der Waals surface area contributed by atoms with Crippen LogP contribution in [0, 0.1) is 6.92 Å². The molecule has 110 valence electrons. The van der Waals surface area contributed by atoms with Gasteiger partial charge in [0.25, 0.3) is 0 Å². The SMILES string of the molecule is CC[C@@H](Sc1cc(C)ncn1)C(=O)Nc1ccc(Cl)cc1. The molecule has 0 saturated heterocycles. The third kappa shape index (κ3) is 4.72. The van der Waals surface area contributed by atoms with E-state index in [-0.39, 0.29) is 11.2 Å². The number of amides is 1. The van der Waals surface area contributed by atoms with E-state index in [1.54, 1.807) is 24.3 Å². The van der Waals surface area contributed by atoms with Crippen molar-refractivity contribution in [3.05, 3.63) is 47.4 Å². The van der Waals surface area contributed by atoms with Crippen LogP contribution < -0.4 is 5.32 Å². The lowest BCUT2D eigenvalue weighted by Crippen LogP contribution is -2.24. The highest BCUT2D eigenvalue weighted by Crippen LogP contribution is 2.25. The molecule has 1 amide bonds. The van der Waals surface area contributed by atoms with E-state index in [0.29, 0.717) is 11.4 Å². The van der Waals surface area contributed by atoms with Crippen molar-refractivity contribution >= 4 is 35.0 Å². The minimum absolute atomic E-state index is 0.0407. The minimum Gasteiger partial charge on any atom is -0.325 e. The minimum atomic E-state index is -0.199. The number of aromatic nitrogens is 2. The number of benzene rings is 1. The van der Waals surface area contributed by atoms with Gasteiger partial charge < -0.3 is 5.32 Å². The van der Waals surface area contributed by atoms with Crippen LogP contribution in [0.2, 0.25) is 5.02 Å². The molecule has 2 aromatic rings. The summed E-state index contributed by atoms with van der Waals surface area (Å²) in [6.07, 6.45) is 2.23. The van der Waals surface area contributed by atoms with Gasteiger partial charge in [0, 0.05) is 16.4 Å². The highest BCUT2D eigenvalue weighted by Gasteiger charge is 2.18. The second-order valence-electron chi connectivity index (χ2n) is 4.51. The highest BCUT2D eigenvalue weighted by molar-refractivity contribution is 8.00. The van der Waals surface area contributed by atoms with Crippen molar-refractivity contribution in [1.29, 1.82) is 0 Å². The van der Waals surface area contributed by atoms with Gasteiger partial charge in [-0.2, -0.15) is 0 Å². The van der Waals surface area contributed by atoms with Gasteiger partial charge in [0.2, 0.25) is 5.91 Å². The maximum absolute atomic E-state index is 12.3. The number of nitrogens with one attached hydrogen (secondary N) is 1. The van der Waals surface area contributed by atoms with E-state index in [1.165, 1.54) is 18.1 Å². The summed E-state index contributed by atoms with van der Waals surface area (Å²) in [6, 6.07) is 8.94. The van der Waals surface area contributed by atoms with Crippen LogP contribution >= 0.6 is 23.4 Å². The first kappa shape index (κ1) is 15.8. The summed E-state index contributed by atoms with van der Waals surface area (Å²) in [7, 11) is 0. The standard InChI is InChI=1S/C15H16ClN3OS/c1-3-13(21-14-8-10(2)17-9-18-14)15(20)19-12-6-4-11(16)5-7-12/h4-9,13H,3H2,1-2H3,(H,19,20)/t13-/m1/s1. The van der Waals surface area contributed by atoms with Gasteiger partial charge in [-0.1, -0.05) is 30.3 Å². The fraction of sp³-hybridized carbons (Fsp3) is 0.267. The van der Waals surface area contributed by atoms with E-state index in [0.717, 1.165) is 16.4 Å². The van der Waals surface area contributed by atoms with Crippen LogP contribution in [0.3, 0.4) is 0 Å². The number of hydrogen-bond acceptors (Lipinski definition) is 4. The van der Waals surface area contributed by atoms with Gasteiger partial charge in [-0.3, -0.25) is 4.79 Å². The van der Waals surface area contributed by atoms with Crippen LogP contribution in [0.5, 0.6) is 0 Å². The molecule has 1 atom stereocenters. The molecule has 0 aliphatic heterocycles. The van der Waals surface area contributed by atoms with Gasteiger partial charge in [0.15, 0.2) is 0 Å². The van der Waals surface area contributed by atoms with Crippen molar-refractivity contribution in [1.82, 2.24) is 9.97 Å². The van der Waals surface area contributed by atoms with Gasteiger partial charge in [0.1, 0.15) is 11.4 Å². The Labute approximate surface area is 133 Å². The predicted molar refractivity (Wildman–Crippen MR) is 86.8 cm³/mol. The first-order chi connectivity index (χ1) is 10.1. The van der Waals surface area contributed by atoms with Crippen LogP contribution in [0.15, 0.2) is 41.7 Å². The van der Waals surface area contributed by atoms with E-state index < -0.39 is 0 Å². The van der Waals surface area contributed by atoms with Crippen molar-refractivity contribution < 1.29 is 4.79 Å². The number of rotatable bonds is 5. The lowest BCUT2D eigenvalue weighted by atomic mass is 10.3. The molecule has 2 rings (SSSR count). The molecule has 21 heavy (non-hydrogen) atoms. The zero-order valence-corrected chi connectivity index (χ0v) is 13.4. The van der Waals surface area contributed by atoms with Gasteiger partial charge >= 0.3 is 0 Å². The molecule has 0 bridgehead atoms. The summed E-state index contributed by atoms with van der Waals surface area (Å²) in [5.74, 6) is -0.0407. The van der Waals surface area contributed by atoms with Gasteiger partial charge in [-0.05, 0) is 43.7 Å². The third-order valence-corrected chi connectivity index (χ3v) is 4.37. The summed E-state index contributed by atoms with van der Waals surface area (Å²) in [4.78, 5) is 20.5. The highest BCUT2D eigenvalue weighted by atomic mass is 35.5. The third-order valence-electron chi connectivity index (χ3n) is 2.82. The normalized spacial score (nSPS) is 12.0. The summed E-state index contributed by atoms with van der Waals surface area (Å²) in [5.41, 5.74) is 1.63. The van der Waals surface area contributed by atoms with Crippen LogP contribution in [0.1, 0.15) is 19.0 Å². The fourth-order valence-corrected chi connectivity index (χ4v) is 2.82. The van der Waals surface area contributed by atoms with Crippen molar-refractivity contribution in [2.24, 2.45) is 0 Å². The maximum atomic E-state index is 12.3. The van der Waals surface area contributed by atoms with Crippen molar-refractivity contribution in [2.75, 3.05) is 5.32 Å². The van der Waals surface area contributed by atoms with Crippen LogP contribution in [-0.2, 0) is 4.79 Å². The Kier molecular flexibility index (Phi) is 5.59. The molecule has 0 fully saturated rings. The lowest BCUT2D eigenvalue weighted by Gasteiger charge is -2.14. The number of anilines is 1. The molecule has 0 saturated carbocycles.